The SMILES string of the molecule is CC(C)(COc1ncccc1C(N)=O)N(Cc1ccc(Cl)cn1)S(=O)(=O)C(F)(F)F. The molecule has 0 unspecified atom stereocenters. The predicted molar refractivity (Wildman–Crippen MR) is 102 cm³/mol. The largest absolute Gasteiger partial charge is 0.511 e. The maximum atomic E-state index is 13.3. The summed E-state index contributed by atoms with van der Waals surface area (Å²) in [7, 11) is -5.77. The number of carbonyl (C=O) groups excluding carboxylic acids is 1. The molecule has 164 valence electrons. The Balaban J connectivity index is 2.38. The number of primary amides is 1. The molecule has 30 heavy (non-hydrogen) atoms. The summed E-state index contributed by atoms with van der Waals surface area (Å²) in [6.45, 7) is 1.21. The van der Waals surface area contributed by atoms with E-state index in [1.54, 1.807) is 0 Å². The topological polar surface area (TPSA) is 115 Å². The maximum absolute atomic E-state index is 13.3. The molecule has 0 aromatic carbocycles. The maximum Gasteiger partial charge on any atom is 0.511 e. The number of halogens is 4. The zero-order valence-corrected chi connectivity index (χ0v) is 17.4. The fourth-order valence-corrected chi connectivity index (χ4v) is 3.77. The molecule has 8 nitrogen and oxygen atoms in total. The van der Waals surface area contributed by atoms with Gasteiger partial charge in [-0.2, -0.15) is 17.5 Å². The van der Waals surface area contributed by atoms with Crippen molar-refractivity contribution in [3.63, 3.8) is 0 Å². The Labute approximate surface area is 175 Å². The van der Waals surface area contributed by atoms with E-state index >= 15 is 0 Å². The molecule has 0 aliphatic heterocycles. The highest BCUT2D eigenvalue weighted by Gasteiger charge is 2.54. The quantitative estimate of drug-likeness (QED) is 0.639. The van der Waals surface area contributed by atoms with Crippen LogP contribution >= 0.6 is 11.6 Å². The van der Waals surface area contributed by atoms with Crippen molar-refractivity contribution < 1.29 is 31.1 Å². The van der Waals surface area contributed by atoms with Gasteiger partial charge in [-0.05, 0) is 38.1 Å². The second-order valence-corrected chi connectivity index (χ2v) is 9.04. The summed E-state index contributed by atoms with van der Waals surface area (Å²) in [4.78, 5) is 19.2. The monoisotopic (exact) mass is 466 g/mol. The van der Waals surface area contributed by atoms with Crippen LogP contribution in [0.15, 0.2) is 36.7 Å². The third-order valence-corrected chi connectivity index (χ3v) is 5.96. The molecule has 2 heterocycles. The van der Waals surface area contributed by atoms with Crippen molar-refractivity contribution in [3.8, 4) is 5.88 Å². The van der Waals surface area contributed by atoms with Crippen LogP contribution in [-0.4, -0.2) is 46.3 Å². The third-order valence-electron chi connectivity index (χ3n) is 3.95. The summed E-state index contributed by atoms with van der Waals surface area (Å²) < 4.78 is 70.1. The average Bonchev–Trinajstić information content (AvgIpc) is 2.65. The highest BCUT2D eigenvalue weighted by Crippen LogP contribution is 2.33. The summed E-state index contributed by atoms with van der Waals surface area (Å²) in [6.07, 6.45) is 2.47. The molecule has 0 aliphatic carbocycles. The third kappa shape index (κ3) is 5.37. The van der Waals surface area contributed by atoms with Gasteiger partial charge < -0.3 is 10.5 Å². The van der Waals surface area contributed by atoms with Crippen LogP contribution in [0.4, 0.5) is 13.2 Å². The van der Waals surface area contributed by atoms with Gasteiger partial charge in [-0.1, -0.05) is 11.6 Å². The van der Waals surface area contributed by atoms with Gasteiger partial charge in [-0.15, -0.1) is 0 Å². The molecule has 2 N–H and O–H groups in total. The first-order valence-corrected chi connectivity index (χ1v) is 10.1. The molecule has 0 fully saturated rings. The Bertz CT molecular complexity index is 1010. The number of ether oxygens (including phenoxy) is 1. The first kappa shape index (κ1) is 23.8. The molecular weight excluding hydrogens is 449 g/mol. The summed E-state index contributed by atoms with van der Waals surface area (Å²) >= 11 is 5.72. The molecule has 0 bridgehead atoms. The molecule has 0 saturated heterocycles. The van der Waals surface area contributed by atoms with Crippen LogP contribution in [0.3, 0.4) is 0 Å². The summed E-state index contributed by atoms with van der Waals surface area (Å²) in [5.41, 5.74) is -2.12. The minimum absolute atomic E-state index is 0.0379. The lowest BCUT2D eigenvalue weighted by atomic mass is 10.1. The summed E-state index contributed by atoms with van der Waals surface area (Å²) in [5, 5.41) is 0.237. The van der Waals surface area contributed by atoms with Crippen LogP contribution in [0.1, 0.15) is 29.9 Å². The minimum Gasteiger partial charge on any atom is -0.475 e. The van der Waals surface area contributed by atoms with E-state index in [1.165, 1.54) is 50.5 Å². The zero-order chi connectivity index (χ0) is 22.7. The molecule has 1 amide bonds. The standard InChI is InChI=1S/C17H18ClF3N4O4S/c1-16(2,10-29-15-13(14(22)26)4-3-7-23-15)25(30(27,28)17(19,20)21)9-12-6-5-11(18)8-24-12/h3-8H,9-10H2,1-2H3,(H2,22,26). The summed E-state index contributed by atoms with van der Waals surface area (Å²) in [6, 6.07) is 5.42. The van der Waals surface area contributed by atoms with E-state index in [9.17, 15) is 26.4 Å². The van der Waals surface area contributed by atoms with Crippen molar-refractivity contribution in [2.75, 3.05) is 6.61 Å². The van der Waals surface area contributed by atoms with Crippen molar-refractivity contribution in [1.82, 2.24) is 14.3 Å². The van der Waals surface area contributed by atoms with Gasteiger partial charge in [0.15, 0.2) is 0 Å². The molecule has 0 spiro atoms. The first-order valence-electron chi connectivity index (χ1n) is 8.33. The second kappa shape index (κ2) is 8.74. The van der Waals surface area contributed by atoms with Gasteiger partial charge in [0.2, 0.25) is 5.88 Å². The number of carbonyl (C=O) groups is 1. The van der Waals surface area contributed by atoms with Gasteiger partial charge in [0.1, 0.15) is 12.2 Å². The molecule has 0 radical (unpaired) electrons. The van der Waals surface area contributed by atoms with E-state index in [0.717, 1.165) is 0 Å². The van der Waals surface area contributed by atoms with E-state index in [-0.39, 0.29) is 26.5 Å². The van der Waals surface area contributed by atoms with Gasteiger partial charge >= 0.3 is 15.5 Å². The van der Waals surface area contributed by atoms with Crippen molar-refractivity contribution in [2.45, 2.75) is 31.4 Å². The van der Waals surface area contributed by atoms with Crippen molar-refractivity contribution in [2.24, 2.45) is 5.73 Å². The average molecular weight is 467 g/mol. The van der Waals surface area contributed by atoms with Gasteiger partial charge in [0, 0.05) is 12.4 Å². The number of sulfonamides is 1. The van der Waals surface area contributed by atoms with E-state index < -0.39 is 40.1 Å². The number of alkyl halides is 3. The first-order chi connectivity index (χ1) is 13.8. The Morgan fingerprint density at radius 3 is 2.43 bits per heavy atom. The normalized spacial score (nSPS) is 12.8. The number of hydrogen-bond acceptors (Lipinski definition) is 6. The second-order valence-electron chi connectivity index (χ2n) is 6.75. The van der Waals surface area contributed by atoms with Crippen LogP contribution in [0.5, 0.6) is 5.88 Å². The summed E-state index contributed by atoms with van der Waals surface area (Å²) in [5.74, 6) is -1.09. The zero-order valence-electron chi connectivity index (χ0n) is 15.9. The number of nitrogens with two attached hydrogens (primary N) is 1. The van der Waals surface area contributed by atoms with E-state index in [1.807, 2.05) is 0 Å². The minimum atomic E-state index is -5.77. The molecule has 0 atom stereocenters. The van der Waals surface area contributed by atoms with E-state index in [4.69, 9.17) is 22.1 Å². The molecule has 0 saturated carbocycles. The molecule has 0 aliphatic rings. The van der Waals surface area contributed by atoms with Gasteiger partial charge in [0.25, 0.3) is 5.91 Å². The van der Waals surface area contributed by atoms with Crippen LogP contribution in [0.25, 0.3) is 0 Å². The number of aromatic nitrogens is 2. The molecular formula is C17H18ClF3N4O4S. The van der Waals surface area contributed by atoms with Crippen LogP contribution in [-0.2, 0) is 16.6 Å². The van der Waals surface area contributed by atoms with Gasteiger partial charge in [-0.3, -0.25) is 9.78 Å². The molecule has 2 aromatic heterocycles. The van der Waals surface area contributed by atoms with E-state index in [0.29, 0.717) is 0 Å². The number of nitrogens with zero attached hydrogens (tertiary/aromatic N) is 3. The number of pyridine rings is 2. The van der Waals surface area contributed by atoms with Crippen molar-refractivity contribution in [3.05, 3.63) is 52.9 Å². The molecule has 2 rings (SSSR count). The Kier molecular flexibility index (Phi) is 6.94. The lowest BCUT2D eigenvalue weighted by molar-refractivity contribution is -0.0534. The fourth-order valence-electron chi connectivity index (χ4n) is 2.41. The Hall–Kier alpha value is -2.44. The molecule has 2 aromatic rings. The number of rotatable bonds is 8. The highest BCUT2D eigenvalue weighted by atomic mass is 35.5. The fraction of sp³-hybridized carbons (Fsp3) is 0.353. The lowest BCUT2D eigenvalue weighted by Crippen LogP contribution is -2.54. The van der Waals surface area contributed by atoms with Crippen molar-refractivity contribution in [1.29, 1.82) is 0 Å². The van der Waals surface area contributed by atoms with Crippen molar-refractivity contribution >= 4 is 27.5 Å². The van der Waals surface area contributed by atoms with Crippen LogP contribution < -0.4 is 10.5 Å². The lowest BCUT2D eigenvalue weighted by Gasteiger charge is -2.37. The van der Waals surface area contributed by atoms with Crippen LogP contribution in [0.2, 0.25) is 5.02 Å². The Morgan fingerprint density at radius 2 is 1.90 bits per heavy atom. The Morgan fingerprint density at radius 1 is 1.23 bits per heavy atom. The smallest absolute Gasteiger partial charge is 0.475 e. The highest BCUT2D eigenvalue weighted by molar-refractivity contribution is 7.90. The molecule has 13 heteroatoms. The van der Waals surface area contributed by atoms with E-state index in [2.05, 4.69) is 9.97 Å². The predicted octanol–water partition coefficient (Wildman–Crippen LogP) is 2.74. The number of amides is 1. The van der Waals surface area contributed by atoms with Gasteiger partial charge in [0.05, 0.1) is 22.8 Å². The van der Waals surface area contributed by atoms with Gasteiger partial charge in [-0.25, -0.2) is 13.4 Å². The van der Waals surface area contributed by atoms with Crippen LogP contribution in [0, 0.1) is 0 Å². The number of hydrogen-bond donors (Lipinski definition) is 1.